The fourth-order valence-corrected chi connectivity index (χ4v) is 3.06. The predicted octanol–water partition coefficient (Wildman–Crippen LogP) is 1.55. The van der Waals surface area contributed by atoms with E-state index in [0.717, 1.165) is 6.42 Å². The maximum absolute atomic E-state index is 12.3. The van der Waals surface area contributed by atoms with Crippen molar-refractivity contribution in [2.75, 3.05) is 19.6 Å². The molecule has 0 aromatic rings. The van der Waals surface area contributed by atoms with Gasteiger partial charge in [0.2, 0.25) is 5.91 Å². The van der Waals surface area contributed by atoms with Crippen LogP contribution in [-0.2, 0) is 19.1 Å². The molecular weight excluding hydrogens is 300 g/mol. The van der Waals surface area contributed by atoms with Crippen molar-refractivity contribution in [1.29, 1.82) is 0 Å². The maximum atomic E-state index is 12.3. The standard InChI is InChI=1S/C16H26N2O5/c1-11(2)22-16(21)17-9-6-13(7-10-17)23-15(20)14-5-4-8-18(14)12(3)19/h11,13-14H,4-10H2,1-3H3/t14-/m0/s1. The van der Waals surface area contributed by atoms with Gasteiger partial charge in [0.25, 0.3) is 0 Å². The van der Waals surface area contributed by atoms with Gasteiger partial charge in [-0.15, -0.1) is 0 Å². The van der Waals surface area contributed by atoms with Gasteiger partial charge in [-0.3, -0.25) is 4.79 Å². The number of hydrogen-bond acceptors (Lipinski definition) is 5. The number of piperidine rings is 1. The lowest BCUT2D eigenvalue weighted by Crippen LogP contribution is -2.45. The molecule has 0 bridgehead atoms. The summed E-state index contributed by atoms with van der Waals surface area (Å²) in [5.74, 6) is -0.406. The minimum Gasteiger partial charge on any atom is -0.461 e. The molecule has 0 aliphatic carbocycles. The van der Waals surface area contributed by atoms with Gasteiger partial charge in [0.05, 0.1) is 6.10 Å². The van der Waals surface area contributed by atoms with Crippen LogP contribution in [0.2, 0.25) is 0 Å². The highest BCUT2D eigenvalue weighted by atomic mass is 16.6. The summed E-state index contributed by atoms with van der Waals surface area (Å²) in [6.07, 6.45) is 2.05. The van der Waals surface area contributed by atoms with Crippen LogP contribution < -0.4 is 0 Å². The van der Waals surface area contributed by atoms with Crippen molar-refractivity contribution in [3.05, 3.63) is 0 Å². The van der Waals surface area contributed by atoms with Crippen molar-refractivity contribution in [2.24, 2.45) is 0 Å². The zero-order valence-corrected chi connectivity index (χ0v) is 14.1. The van der Waals surface area contributed by atoms with Crippen LogP contribution in [0.25, 0.3) is 0 Å². The third-order valence-electron chi connectivity index (χ3n) is 4.25. The first-order valence-electron chi connectivity index (χ1n) is 8.31. The Morgan fingerprint density at radius 3 is 2.26 bits per heavy atom. The van der Waals surface area contributed by atoms with Crippen molar-refractivity contribution in [3.8, 4) is 0 Å². The molecule has 7 nitrogen and oxygen atoms in total. The first kappa shape index (κ1) is 17.6. The monoisotopic (exact) mass is 326 g/mol. The van der Waals surface area contributed by atoms with Crippen LogP contribution in [0.5, 0.6) is 0 Å². The fourth-order valence-electron chi connectivity index (χ4n) is 3.06. The van der Waals surface area contributed by atoms with E-state index < -0.39 is 6.04 Å². The molecule has 2 amide bonds. The van der Waals surface area contributed by atoms with Gasteiger partial charge >= 0.3 is 12.1 Å². The molecule has 2 fully saturated rings. The number of likely N-dealkylation sites (tertiary alicyclic amines) is 2. The molecule has 0 N–H and O–H groups in total. The first-order valence-corrected chi connectivity index (χ1v) is 8.31. The van der Waals surface area contributed by atoms with Gasteiger partial charge in [-0.2, -0.15) is 0 Å². The average molecular weight is 326 g/mol. The van der Waals surface area contributed by atoms with Crippen LogP contribution in [0.1, 0.15) is 46.5 Å². The van der Waals surface area contributed by atoms with Gasteiger partial charge < -0.3 is 19.3 Å². The molecule has 0 radical (unpaired) electrons. The molecule has 23 heavy (non-hydrogen) atoms. The molecule has 2 heterocycles. The predicted molar refractivity (Wildman–Crippen MR) is 82.7 cm³/mol. The summed E-state index contributed by atoms with van der Waals surface area (Å²) in [5, 5.41) is 0. The van der Waals surface area contributed by atoms with E-state index in [1.54, 1.807) is 9.80 Å². The number of hydrogen-bond donors (Lipinski definition) is 0. The van der Waals surface area contributed by atoms with Crippen molar-refractivity contribution < 1.29 is 23.9 Å². The highest BCUT2D eigenvalue weighted by Crippen LogP contribution is 2.21. The molecule has 2 rings (SSSR count). The molecule has 2 saturated heterocycles. The lowest BCUT2D eigenvalue weighted by Gasteiger charge is -2.32. The highest BCUT2D eigenvalue weighted by molar-refractivity contribution is 5.84. The van der Waals surface area contributed by atoms with E-state index in [1.165, 1.54) is 6.92 Å². The Hall–Kier alpha value is -1.79. The lowest BCUT2D eigenvalue weighted by molar-refractivity contribution is -0.159. The first-order chi connectivity index (χ1) is 10.9. The summed E-state index contributed by atoms with van der Waals surface area (Å²) in [5.41, 5.74) is 0. The largest absolute Gasteiger partial charge is 0.461 e. The summed E-state index contributed by atoms with van der Waals surface area (Å²) >= 11 is 0. The van der Waals surface area contributed by atoms with Crippen molar-refractivity contribution in [2.45, 2.75) is 64.7 Å². The fraction of sp³-hybridized carbons (Fsp3) is 0.812. The number of carbonyl (C=O) groups is 3. The smallest absolute Gasteiger partial charge is 0.410 e. The zero-order chi connectivity index (χ0) is 17.0. The van der Waals surface area contributed by atoms with Crippen LogP contribution in [0.3, 0.4) is 0 Å². The summed E-state index contributed by atoms with van der Waals surface area (Å²) in [7, 11) is 0. The number of rotatable bonds is 3. The van der Waals surface area contributed by atoms with E-state index in [1.807, 2.05) is 13.8 Å². The van der Waals surface area contributed by atoms with Crippen molar-refractivity contribution in [3.63, 3.8) is 0 Å². The van der Waals surface area contributed by atoms with Gasteiger partial charge in [0.15, 0.2) is 0 Å². The van der Waals surface area contributed by atoms with Gasteiger partial charge in [-0.25, -0.2) is 9.59 Å². The second-order valence-corrected chi connectivity index (χ2v) is 6.43. The highest BCUT2D eigenvalue weighted by Gasteiger charge is 2.35. The molecule has 0 saturated carbocycles. The molecule has 130 valence electrons. The average Bonchev–Trinajstić information content (AvgIpc) is 2.97. The second kappa shape index (κ2) is 7.66. The van der Waals surface area contributed by atoms with Gasteiger partial charge in [0.1, 0.15) is 12.1 Å². The van der Waals surface area contributed by atoms with Crippen LogP contribution in [0.15, 0.2) is 0 Å². The Morgan fingerprint density at radius 1 is 1.04 bits per heavy atom. The van der Waals surface area contributed by atoms with Gasteiger partial charge in [-0.1, -0.05) is 0 Å². The Labute approximate surface area is 136 Å². The maximum Gasteiger partial charge on any atom is 0.410 e. The lowest BCUT2D eigenvalue weighted by atomic mass is 10.1. The Morgan fingerprint density at radius 2 is 1.70 bits per heavy atom. The molecule has 7 heteroatoms. The summed E-state index contributed by atoms with van der Waals surface area (Å²) in [4.78, 5) is 38.8. The Bertz CT molecular complexity index is 457. The van der Waals surface area contributed by atoms with Crippen LogP contribution >= 0.6 is 0 Å². The third-order valence-corrected chi connectivity index (χ3v) is 4.25. The third kappa shape index (κ3) is 4.59. The van der Waals surface area contributed by atoms with Crippen LogP contribution in [0, 0.1) is 0 Å². The number of esters is 1. The van der Waals surface area contributed by atoms with E-state index in [-0.39, 0.29) is 30.2 Å². The van der Waals surface area contributed by atoms with Crippen LogP contribution in [0.4, 0.5) is 4.79 Å². The number of ether oxygens (including phenoxy) is 2. The Balaban J connectivity index is 1.79. The molecule has 2 aliphatic heterocycles. The van der Waals surface area contributed by atoms with Gasteiger partial charge in [0, 0.05) is 39.4 Å². The summed E-state index contributed by atoms with van der Waals surface area (Å²) < 4.78 is 10.7. The number of nitrogens with zero attached hydrogens (tertiary/aromatic N) is 2. The normalized spacial score (nSPS) is 22.3. The molecule has 0 aromatic carbocycles. The minimum atomic E-state index is -0.448. The molecule has 0 spiro atoms. The van der Waals surface area contributed by atoms with Crippen LogP contribution in [-0.4, -0.2) is 65.7 Å². The number of carbonyl (C=O) groups excluding carboxylic acids is 3. The number of amides is 2. The SMILES string of the molecule is CC(=O)N1CCC[C@H]1C(=O)OC1CCN(C(=O)OC(C)C)CC1. The topological polar surface area (TPSA) is 76.2 Å². The van der Waals surface area contributed by atoms with E-state index in [2.05, 4.69) is 0 Å². The van der Waals surface area contributed by atoms with E-state index in [4.69, 9.17) is 9.47 Å². The minimum absolute atomic E-state index is 0.0873. The molecule has 1 atom stereocenters. The van der Waals surface area contributed by atoms with Gasteiger partial charge in [-0.05, 0) is 26.7 Å². The summed E-state index contributed by atoms with van der Waals surface area (Å²) in [6.45, 7) is 6.76. The van der Waals surface area contributed by atoms with E-state index in [0.29, 0.717) is 38.9 Å². The van der Waals surface area contributed by atoms with Crippen molar-refractivity contribution in [1.82, 2.24) is 9.80 Å². The van der Waals surface area contributed by atoms with E-state index >= 15 is 0 Å². The molecule has 0 unspecified atom stereocenters. The molecular formula is C16H26N2O5. The molecule has 0 aromatic heterocycles. The second-order valence-electron chi connectivity index (χ2n) is 6.43. The quantitative estimate of drug-likeness (QED) is 0.736. The zero-order valence-electron chi connectivity index (χ0n) is 14.1. The summed E-state index contributed by atoms with van der Waals surface area (Å²) in [6, 6.07) is -0.448. The van der Waals surface area contributed by atoms with E-state index in [9.17, 15) is 14.4 Å². The molecule has 2 aliphatic rings. The Kier molecular flexibility index (Phi) is 5.85. The van der Waals surface area contributed by atoms with Crippen molar-refractivity contribution >= 4 is 18.0 Å².